The number of fused-ring (bicyclic) bond motifs is 1. The van der Waals surface area contributed by atoms with E-state index in [4.69, 9.17) is 9.72 Å². The lowest BCUT2D eigenvalue weighted by molar-refractivity contribution is -0.115. The van der Waals surface area contributed by atoms with E-state index in [1.807, 2.05) is 36.4 Å². The van der Waals surface area contributed by atoms with Crippen molar-refractivity contribution in [3.05, 3.63) is 70.5 Å². The van der Waals surface area contributed by atoms with Crippen LogP contribution in [0.4, 0.5) is 0 Å². The van der Waals surface area contributed by atoms with Gasteiger partial charge in [-0.3, -0.25) is 4.90 Å². The van der Waals surface area contributed by atoms with E-state index in [2.05, 4.69) is 40.4 Å². The molecule has 1 N–H and O–H groups in total. The summed E-state index contributed by atoms with van der Waals surface area (Å²) >= 11 is 1.69. The quantitative estimate of drug-likeness (QED) is 0.367. The largest absolute Gasteiger partial charge is 0.491 e. The van der Waals surface area contributed by atoms with Gasteiger partial charge in [-0.15, -0.1) is 11.3 Å². The van der Waals surface area contributed by atoms with Crippen LogP contribution in [0.25, 0.3) is 22.3 Å². The maximum absolute atomic E-state index is 12.0. The third kappa shape index (κ3) is 4.08. The van der Waals surface area contributed by atoms with Gasteiger partial charge < -0.3 is 14.5 Å². The van der Waals surface area contributed by atoms with Crippen molar-refractivity contribution in [1.29, 1.82) is 0 Å². The van der Waals surface area contributed by atoms with Crippen LogP contribution >= 0.6 is 11.3 Å². The fourth-order valence-electron chi connectivity index (χ4n) is 4.62. The van der Waals surface area contributed by atoms with E-state index >= 15 is 0 Å². The molecule has 0 amide bonds. The number of para-hydroxylation sites is 2. The second-order valence-corrected chi connectivity index (χ2v) is 9.21. The first-order valence-corrected chi connectivity index (χ1v) is 12.0. The Kier molecular flexibility index (Phi) is 6.06. The lowest BCUT2D eigenvalue weighted by Gasteiger charge is -2.37. The second-order valence-electron chi connectivity index (χ2n) is 8.32. The first-order valence-electron chi connectivity index (χ1n) is 11.2. The van der Waals surface area contributed by atoms with Gasteiger partial charge in [0, 0.05) is 16.3 Å². The number of likely N-dealkylation sites (tertiary alicyclic amines) is 1. The highest BCUT2D eigenvalue weighted by atomic mass is 32.1. The highest BCUT2D eigenvalue weighted by Crippen LogP contribution is 2.37. The van der Waals surface area contributed by atoms with E-state index in [9.17, 15) is 4.79 Å². The molecule has 2 atom stereocenters. The van der Waals surface area contributed by atoms with Crippen LogP contribution in [0.1, 0.15) is 35.9 Å². The van der Waals surface area contributed by atoms with Crippen LogP contribution < -0.4 is 4.74 Å². The molecule has 32 heavy (non-hydrogen) atoms. The number of piperidine rings is 1. The van der Waals surface area contributed by atoms with Gasteiger partial charge in [-0.25, -0.2) is 4.98 Å². The van der Waals surface area contributed by atoms with Crippen LogP contribution in [0.15, 0.2) is 60.0 Å². The summed E-state index contributed by atoms with van der Waals surface area (Å²) in [7, 11) is 0. The van der Waals surface area contributed by atoms with Crippen molar-refractivity contribution in [1.82, 2.24) is 14.9 Å². The summed E-state index contributed by atoms with van der Waals surface area (Å²) in [6.07, 6.45) is 4.27. The Morgan fingerprint density at radius 3 is 2.81 bits per heavy atom. The monoisotopic (exact) mass is 445 g/mol. The number of thiazole rings is 1. The SMILES string of the molecule is Cc1c(-c2csc(C3CCCCN3C(C=O)COc3ccccc3)n2)[nH]c2ccccc12. The maximum Gasteiger partial charge on any atom is 0.140 e. The molecule has 3 heterocycles. The van der Waals surface area contributed by atoms with Crippen LogP contribution in [0, 0.1) is 6.92 Å². The fourth-order valence-corrected chi connectivity index (χ4v) is 5.59. The van der Waals surface area contributed by atoms with Crippen LogP contribution in [0.5, 0.6) is 5.75 Å². The van der Waals surface area contributed by atoms with Gasteiger partial charge >= 0.3 is 0 Å². The number of ether oxygens (including phenoxy) is 1. The number of nitrogens with one attached hydrogen (secondary N) is 1. The zero-order valence-corrected chi connectivity index (χ0v) is 19.0. The molecule has 0 aliphatic carbocycles. The summed E-state index contributed by atoms with van der Waals surface area (Å²) in [5, 5.41) is 4.44. The number of carbonyl (C=O) groups is 1. The third-order valence-corrected chi connectivity index (χ3v) is 7.27. The molecule has 6 heteroatoms. The predicted octanol–water partition coefficient (Wildman–Crippen LogP) is 5.77. The molecule has 2 aromatic carbocycles. The van der Waals surface area contributed by atoms with Gasteiger partial charge in [-0.1, -0.05) is 42.8 Å². The van der Waals surface area contributed by atoms with Crippen molar-refractivity contribution in [2.24, 2.45) is 0 Å². The lowest BCUT2D eigenvalue weighted by Crippen LogP contribution is -2.45. The third-order valence-electron chi connectivity index (χ3n) is 6.32. The first-order chi connectivity index (χ1) is 15.7. The molecule has 5 nitrogen and oxygen atoms in total. The molecule has 4 aromatic rings. The normalized spacial score (nSPS) is 18.0. The van der Waals surface area contributed by atoms with Crippen molar-refractivity contribution in [3.8, 4) is 17.1 Å². The Bertz CT molecular complexity index is 1200. The van der Waals surface area contributed by atoms with Crippen molar-refractivity contribution in [3.63, 3.8) is 0 Å². The summed E-state index contributed by atoms with van der Waals surface area (Å²) < 4.78 is 5.93. The van der Waals surface area contributed by atoms with Gasteiger partial charge in [0.25, 0.3) is 0 Å². The number of aldehydes is 1. The Labute approximate surface area is 192 Å². The highest BCUT2D eigenvalue weighted by Gasteiger charge is 2.32. The molecule has 0 radical (unpaired) electrons. The number of hydrogen-bond donors (Lipinski definition) is 1. The molecular formula is C26H27N3O2S. The molecular weight excluding hydrogens is 418 g/mol. The molecule has 0 spiro atoms. The number of aromatic nitrogens is 2. The maximum atomic E-state index is 12.0. The Morgan fingerprint density at radius 1 is 1.19 bits per heavy atom. The molecule has 0 saturated carbocycles. The molecule has 1 saturated heterocycles. The van der Waals surface area contributed by atoms with Gasteiger partial charge in [-0.2, -0.15) is 0 Å². The van der Waals surface area contributed by atoms with E-state index in [1.54, 1.807) is 11.3 Å². The summed E-state index contributed by atoms with van der Waals surface area (Å²) in [5.41, 5.74) is 4.41. The molecule has 1 aliphatic heterocycles. The molecule has 5 rings (SSSR count). The standard InChI is InChI=1S/C26H27N3O2S/c1-18-21-11-5-6-12-22(21)27-25(18)23-17-32-26(28-23)24-13-7-8-14-29(24)19(15-30)16-31-20-9-3-2-4-10-20/h2-6,9-12,15,17,19,24,27H,7-8,13-14,16H2,1H3. The van der Waals surface area contributed by atoms with Crippen molar-refractivity contribution in [2.45, 2.75) is 38.3 Å². The van der Waals surface area contributed by atoms with Crippen LogP contribution in [0.3, 0.4) is 0 Å². The Morgan fingerprint density at radius 2 is 2.00 bits per heavy atom. The summed E-state index contributed by atoms with van der Waals surface area (Å²) in [4.78, 5) is 22.9. The van der Waals surface area contributed by atoms with E-state index in [0.717, 1.165) is 59.8 Å². The Hall–Kier alpha value is -2.96. The Balaban J connectivity index is 1.38. The van der Waals surface area contributed by atoms with Crippen LogP contribution in [-0.2, 0) is 4.79 Å². The summed E-state index contributed by atoms with van der Waals surface area (Å²) in [6.45, 7) is 3.37. The second kappa shape index (κ2) is 9.27. The van der Waals surface area contributed by atoms with Crippen LogP contribution in [0.2, 0.25) is 0 Å². The average molecular weight is 446 g/mol. The summed E-state index contributed by atoms with van der Waals surface area (Å²) in [6, 6.07) is 17.9. The van der Waals surface area contributed by atoms with Gasteiger partial charge in [0.2, 0.25) is 0 Å². The molecule has 2 unspecified atom stereocenters. The van der Waals surface area contributed by atoms with Gasteiger partial charge in [0.1, 0.15) is 29.7 Å². The average Bonchev–Trinajstić information content (AvgIpc) is 3.46. The topological polar surface area (TPSA) is 58.2 Å². The van der Waals surface area contributed by atoms with Crippen molar-refractivity contribution in [2.75, 3.05) is 13.2 Å². The molecule has 164 valence electrons. The van der Waals surface area contributed by atoms with Crippen molar-refractivity contribution >= 4 is 28.5 Å². The fraction of sp³-hybridized carbons (Fsp3) is 0.308. The van der Waals surface area contributed by atoms with E-state index < -0.39 is 0 Å². The van der Waals surface area contributed by atoms with E-state index in [-0.39, 0.29) is 12.1 Å². The number of hydrogen-bond acceptors (Lipinski definition) is 5. The zero-order chi connectivity index (χ0) is 21.9. The number of H-pyrrole nitrogens is 1. The minimum absolute atomic E-state index is 0.141. The van der Waals surface area contributed by atoms with Crippen molar-refractivity contribution < 1.29 is 9.53 Å². The number of benzene rings is 2. The molecule has 0 bridgehead atoms. The van der Waals surface area contributed by atoms with Gasteiger partial charge in [-0.05, 0) is 50.1 Å². The number of rotatable bonds is 7. The predicted molar refractivity (Wildman–Crippen MR) is 129 cm³/mol. The molecule has 1 fully saturated rings. The minimum atomic E-state index is -0.289. The lowest BCUT2D eigenvalue weighted by atomic mass is 10.0. The molecule has 1 aliphatic rings. The smallest absolute Gasteiger partial charge is 0.140 e. The van der Waals surface area contributed by atoms with Gasteiger partial charge in [0.05, 0.1) is 17.4 Å². The number of aryl methyl sites for hydroxylation is 1. The molecule has 2 aromatic heterocycles. The number of aromatic amines is 1. The number of carbonyl (C=O) groups excluding carboxylic acids is 1. The minimum Gasteiger partial charge on any atom is -0.491 e. The summed E-state index contributed by atoms with van der Waals surface area (Å²) in [5.74, 6) is 0.790. The highest BCUT2D eigenvalue weighted by molar-refractivity contribution is 7.10. The van der Waals surface area contributed by atoms with E-state index in [1.165, 1.54) is 10.9 Å². The van der Waals surface area contributed by atoms with E-state index in [0.29, 0.717) is 6.61 Å². The van der Waals surface area contributed by atoms with Gasteiger partial charge in [0.15, 0.2) is 0 Å². The zero-order valence-electron chi connectivity index (χ0n) is 18.2. The van der Waals surface area contributed by atoms with Crippen LogP contribution in [-0.4, -0.2) is 40.3 Å². The first kappa shape index (κ1) is 20.9. The number of nitrogens with zero attached hydrogens (tertiary/aromatic N) is 2.